The second kappa shape index (κ2) is 9.01. The van der Waals surface area contributed by atoms with Crippen LogP contribution in [-0.4, -0.2) is 22.4 Å². The van der Waals surface area contributed by atoms with Gasteiger partial charge in [0, 0.05) is 17.1 Å². The Hall–Kier alpha value is -3.13. The number of pyridine rings is 2. The quantitative estimate of drug-likeness (QED) is 0.299. The minimum Gasteiger partial charge on any atom is -0.253 e. The van der Waals surface area contributed by atoms with Crippen molar-refractivity contribution in [3.05, 3.63) is 77.8 Å². The number of hydrogen-bond acceptors (Lipinski definition) is 4. The topological polar surface area (TPSA) is 64.8 Å². The highest BCUT2D eigenvalue weighted by Gasteiger charge is 2.41. The van der Waals surface area contributed by atoms with Gasteiger partial charge in [-0.1, -0.05) is 24.6 Å². The number of benzene rings is 1. The lowest BCUT2D eigenvalue weighted by atomic mass is 9.58. The number of halogens is 2. The summed E-state index contributed by atoms with van der Waals surface area (Å²) < 4.78 is 57.4. The van der Waals surface area contributed by atoms with Crippen molar-refractivity contribution in [3.8, 4) is 11.3 Å². The summed E-state index contributed by atoms with van der Waals surface area (Å²) in [7, 11) is -4.01. The van der Waals surface area contributed by atoms with Crippen molar-refractivity contribution in [1.29, 1.82) is 0 Å². The summed E-state index contributed by atoms with van der Waals surface area (Å²) in [6, 6.07) is 9.47. The molecule has 3 heterocycles. The third-order valence-electron chi connectivity index (χ3n) is 8.66. The fourth-order valence-electron chi connectivity index (χ4n) is 6.53. The molecule has 0 amide bonds. The van der Waals surface area contributed by atoms with Crippen molar-refractivity contribution < 1.29 is 17.2 Å². The molecule has 0 spiro atoms. The van der Waals surface area contributed by atoms with E-state index in [4.69, 9.17) is 0 Å². The van der Waals surface area contributed by atoms with Crippen molar-refractivity contribution in [2.24, 2.45) is 23.7 Å². The maximum atomic E-state index is 15.0. The van der Waals surface area contributed by atoms with Crippen molar-refractivity contribution in [1.82, 2.24) is 13.9 Å². The molecule has 0 unspecified atom stereocenters. The predicted molar refractivity (Wildman–Crippen MR) is 138 cm³/mol. The van der Waals surface area contributed by atoms with E-state index < -0.39 is 15.8 Å². The molecule has 2 bridgehead atoms. The molecule has 0 radical (unpaired) electrons. The standard InChI is InChI=1S/C29H29F2N3O2S/c1-17-3-9-23(10-4-17)37(35,36)34-16-26(25-13-22(30)14-33-29(25)34)28-12-21(27(31)15-32-28)11-24-18(2)19-5-7-20(24)8-6-19/h3-4,9-10,12-16,18-20,24H,5-8,11H2,1-2H3/t18-,19?,20?,24+/m0/s1. The summed E-state index contributed by atoms with van der Waals surface area (Å²) in [5.74, 6) is 1.32. The monoisotopic (exact) mass is 521 g/mol. The van der Waals surface area contributed by atoms with Crippen molar-refractivity contribution in [3.63, 3.8) is 0 Å². The zero-order valence-corrected chi connectivity index (χ0v) is 21.7. The van der Waals surface area contributed by atoms with Crippen LogP contribution in [0.2, 0.25) is 0 Å². The molecule has 3 aromatic heterocycles. The molecule has 37 heavy (non-hydrogen) atoms. The highest BCUT2D eigenvalue weighted by molar-refractivity contribution is 7.90. The van der Waals surface area contributed by atoms with E-state index in [1.54, 1.807) is 18.2 Å². The number of fused-ring (bicyclic) bond motifs is 4. The van der Waals surface area contributed by atoms with Gasteiger partial charge in [-0.25, -0.2) is 26.2 Å². The third-order valence-corrected chi connectivity index (χ3v) is 10.3. The first-order valence-electron chi connectivity index (χ1n) is 12.9. The molecule has 192 valence electrons. The van der Waals surface area contributed by atoms with Gasteiger partial charge in [0.15, 0.2) is 5.65 Å². The Bertz CT molecular complexity index is 1590. The van der Waals surface area contributed by atoms with E-state index in [-0.39, 0.29) is 16.4 Å². The smallest absolute Gasteiger partial charge is 0.253 e. The summed E-state index contributed by atoms with van der Waals surface area (Å²) in [6.07, 6.45) is 9.16. The minimum absolute atomic E-state index is 0.0989. The van der Waals surface area contributed by atoms with Crippen LogP contribution >= 0.6 is 0 Å². The van der Waals surface area contributed by atoms with Crippen LogP contribution in [0.15, 0.2) is 59.9 Å². The van der Waals surface area contributed by atoms with Gasteiger partial charge in [0.25, 0.3) is 10.0 Å². The van der Waals surface area contributed by atoms with E-state index in [9.17, 15) is 12.8 Å². The molecule has 0 aliphatic heterocycles. The van der Waals surface area contributed by atoms with Gasteiger partial charge in [-0.3, -0.25) is 4.98 Å². The summed E-state index contributed by atoms with van der Waals surface area (Å²) in [4.78, 5) is 8.51. The average Bonchev–Trinajstić information content (AvgIpc) is 3.27. The van der Waals surface area contributed by atoms with Gasteiger partial charge in [-0.15, -0.1) is 0 Å². The molecule has 3 fully saturated rings. The maximum absolute atomic E-state index is 15.0. The maximum Gasteiger partial charge on any atom is 0.269 e. The van der Waals surface area contributed by atoms with E-state index in [1.807, 2.05) is 6.92 Å². The van der Waals surface area contributed by atoms with Gasteiger partial charge in [0.1, 0.15) is 11.6 Å². The van der Waals surface area contributed by atoms with E-state index in [1.165, 1.54) is 56.3 Å². The number of rotatable bonds is 5. The van der Waals surface area contributed by atoms with Gasteiger partial charge in [-0.05, 0) is 92.5 Å². The zero-order valence-electron chi connectivity index (χ0n) is 20.9. The van der Waals surface area contributed by atoms with Crippen LogP contribution < -0.4 is 0 Å². The van der Waals surface area contributed by atoms with E-state index >= 15 is 4.39 Å². The molecule has 0 N–H and O–H groups in total. The lowest BCUT2D eigenvalue weighted by Gasteiger charge is -2.47. The molecule has 1 aromatic carbocycles. The Morgan fingerprint density at radius 2 is 1.68 bits per heavy atom. The van der Waals surface area contributed by atoms with Crippen molar-refractivity contribution in [2.75, 3.05) is 0 Å². The lowest BCUT2D eigenvalue weighted by molar-refractivity contribution is 0.0340. The van der Waals surface area contributed by atoms with Crippen molar-refractivity contribution >= 4 is 21.1 Å². The van der Waals surface area contributed by atoms with Gasteiger partial charge in [-0.2, -0.15) is 0 Å². The Morgan fingerprint density at radius 3 is 2.38 bits per heavy atom. The number of aryl methyl sites for hydroxylation is 1. The van der Waals surface area contributed by atoms with Crippen LogP contribution in [0.25, 0.3) is 22.3 Å². The third kappa shape index (κ3) is 4.15. The van der Waals surface area contributed by atoms with Crippen LogP contribution in [0.3, 0.4) is 0 Å². The molecule has 5 nitrogen and oxygen atoms in total. The van der Waals surface area contributed by atoms with Crippen LogP contribution in [0.4, 0.5) is 8.78 Å². The van der Waals surface area contributed by atoms with Crippen LogP contribution in [-0.2, 0) is 16.4 Å². The normalized spacial score (nSPS) is 23.6. The van der Waals surface area contributed by atoms with Gasteiger partial charge in [0.2, 0.25) is 0 Å². The molecule has 0 saturated heterocycles. The number of nitrogens with zero attached hydrogens (tertiary/aromatic N) is 3. The van der Waals surface area contributed by atoms with Gasteiger partial charge < -0.3 is 0 Å². The number of aromatic nitrogens is 3. The minimum atomic E-state index is -4.01. The first-order chi connectivity index (χ1) is 17.7. The summed E-state index contributed by atoms with van der Waals surface area (Å²) >= 11 is 0. The Balaban J connectivity index is 1.44. The molecule has 3 saturated carbocycles. The summed E-state index contributed by atoms with van der Waals surface area (Å²) in [5.41, 5.74) is 2.40. The second-order valence-corrected chi connectivity index (χ2v) is 12.6. The summed E-state index contributed by atoms with van der Waals surface area (Å²) in [6.45, 7) is 4.17. The molecule has 7 rings (SSSR count). The SMILES string of the molecule is Cc1ccc(S(=O)(=O)n2cc(-c3cc(C[C@H]4C5CCC(CC5)[C@@H]4C)c(F)cn3)c3cc(F)cnc32)cc1. The highest BCUT2D eigenvalue weighted by Crippen LogP contribution is 2.50. The second-order valence-electron chi connectivity index (χ2n) is 10.7. The zero-order chi connectivity index (χ0) is 25.9. The first kappa shape index (κ1) is 24.2. The molecular weight excluding hydrogens is 492 g/mol. The van der Waals surface area contributed by atoms with Gasteiger partial charge >= 0.3 is 0 Å². The Morgan fingerprint density at radius 1 is 0.973 bits per heavy atom. The van der Waals surface area contributed by atoms with Crippen LogP contribution in [0.1, 0.15) is 43.7 Å². The molecule has 8 heteroatoms. The lowest BCUT2D eigenvalue weighted by Crippen LogP contribution is -2.39. The molecule has 3 aliphatic rings. The Kier molecular flexibility index (Phi) is 5.90. The van der Waals surface area contributed by atoms with E-state index in [2.05, 4.69) is 16.9 Å². The fraction of sp³-hybridized carbons (Fsp3) is 0.379. The van der Waals surface area contributed by atoms with E-state index in [0.29, 0.717) is 52.3 Å². The van der Waals surface area contributed by atoms with E-state index in [0.717, 1.165) is 15.7 Å². The first-order valence-corrected chi connectivity index (χ1v) is 14.3. The molecule has 4 aromatic rings. The predicted octanol–water partition coefficient (Wildman–Crippen LogP) is 6.54. The molecule has 3 aliphatic carbocycles. The molecular formula is C29H29F2N3O2S. The highest BCUT2D eigenvalue weighted by atomic mass is 32.2. The molecule has 2 atom stereocenters. The average molecular weight is 522 g/mol. The summed E-state index contributed by atoms with van der Waals surface area (Å²) in [5, 5.41) is 0.311. The Labute approximate surface area is 215 Å². The van der Waals surface area contributed by atoms with Crippen molar-refractivity contribution in [2.45, 2.75) is 50.8 Å². The fourth-order valence-corrected chi connectivity index (χ4v) is 7.86. The van der Waals surface area contributed by atoms with Crippen LogP contribution in [0, 0.1) is 42.2 Å². The largest absolute Gasteiger partial charge is 0.269 e. The number of hydrogen-bond donors (Lipinski definition) is 0. The van der Waals surface area contributed by atoms with Crippen LogP contribution in [0.5, 0.6) is 0 Å². The van der Waals surface area contributed by atoms with Gasteiger partial charge in [0.05, 0.1) is 23.0 Å².